The molecule has 1 aromatic carbocycles. The Morgan fingerprint density at radius 2 is 1.68 bits per heavy atom. The van der Waals surface area contributed by atoms with E-state index in [0.717, 1.165) is 64.7 Å². The summed E-state index contributed by atoms with van der Waals surface area (Å²) >= 11 is 0. The lowest BCUT2D eigenvalue weighted by molar-refractivity contribution is -0.192. The van der Waals surface area contributed by atoms with Gasteiger partial charge in [-0.2, -0.15) is 13.2 Å². The summed E-state index contributed by atoms with van der Waals surface area (Å²) in [4.78, 5) is 41.6. The Kier molecular flexibility index (Phi) is 12.8. The van der Waals surface area contributed by atoms with Gasteiger partial charge in [0, 0.05) is 64.1 Å². The minimum atomic E-state index is -5.08. The van der Waals surface area contributed by atoms with Gasteiger partial charge in [0.2, 0.25) is 0 Å². The van der Waals surface area contributed by atoms with Crippen LogP contribution in [0, 0.1) is 17.7 Å². The normalized spacial score (nSPS) is 22.8. The highest BCUT2D eigenvalue weighted by atomic mass is 19.4. The number of methoxy groups -OCH3 is 1. The molecular weight excluding hydrogens is 622 g/mol. The second-order valence-electron chi connectivity index (χ2n) is 13.4. The average molecular weight is 672 g/mol. The molecule has 0 bridgehead atoms. The molecule has 1 saturated carbocycles. The molecule has 4 fully saturated rings. The van der Waals surface area contributed by atoms with Crippen LogP contribution in [0.25, 0.3) is 0 Å². The van der Waals surface area contributed by atoms with Crippen molar-refractivity contribution >= 4 is 18.0 Å². The number of alkyl halides is 3. The smallest absolute Gasteiger partial charge is 0.490 e. The number of ether oxygens (including phenoxy) is 2. The molecule has 3 saturated heterocycles. The second-order valence-corrected chi connectivity index (χ2v) is 13.4. The quantitative estimate of drug-likeness (QED) is 0.306. The fourth-order valence-corrected chi connectivity index (χ4v) is 7.72. The van der Waals surface area contributed by atoms with Gasteiger partial charge in [-0.3, -0.25) is 9.69 Å². The Morgan fingerprint density at radius 3 is 2.26 bits per heavy atom. The van der Waals surface area contributed by atoms with Gasteiger partial charge in [-0.25, -0.2) is 14.0 Å². The lowest BCUT2D eigenvalue weighted by Gasteiger charge is -2.52. The van der Waals surface area contributed by atoms with E-state index in [0.29, 0.717) is 31.0 Å². The zero-order chi connectivity index (χ0) is 34.2. The summed E-state index contributed by atoms with van der Waals surface area (Å²) in [5.41, 5.74) is -0.317. The number of nitrogens with zero attached hydrogens (tertiary/aromatic N) is 3. The summed E-state index contributed by atoms with van der Waals surface area (Å²) in [6.07, 6.45) is 8.15. The number of carboxylic acid groups (broad SMARTS) is 1. The van der Waals surface area contributed by atoms with E-state index in [1.54, 1.807) is 17.0 Å². The number of hydrogen-bond acceptors (Lipinski definition) is 6. The second kappa shape index (κ2) is 16.3. The molecule has 4 aliphatic rings. The Labute approximate surface area is 274 Å². The minimum absolute atomic E-state index is 0.0260. The van der Waals surface area contributed by atoms with Crippen LogP contribution in [0.3, 0.4) is 0 Å². The molecule has 13 heteroatoms. The maximum Gasteiger partial charge on any atom is 0.490 e. The molecule has 5 rings (SSSR count). The lowest BCUT2D eigenvalue weighted by Crippen LogP contribution is -2.61. The number of halogens is 4. The van der Waals surface area contributed by atoms with Crippen LogP contribution >= 0.6 is 0 Å². The van der Waals surface area contributed by atoms with Crippen molar-refractivity contribution in [1.29, 1.82) is 0 Å². The van der Waals surface area contributed by atoms with Crippen molar-refractivity contribution in [3.63, 3.8) is 0 Å². The number of hydrogen-bond donors (Lipinski definition) is 1. The van der Waals surface area contributed by atoms with Gasteiger partial charge in [0.05, 0.1) is 7.11 Å². The molecule has 0 radical (unpaired) electrons. The van der Waals surface area contributed by atoms with Crippen LogP contribution in [0.1, 0.15) is 94.3 Å². The van der Waals surface area contributed by atoms with E-state index in [2.05, 4.69) is 11.8 Å². The van der Waals surface area contributed by atoms with Gasteiger partial charge in [0.1, 0.15) is 22.7 Å². The first-order valence-corrected chi connectivity index (χ1v) is 17.0. The van der Waals surface area contributed by atoms with Crippen molar-refractivity contribution in [3.8, 4) is 5.75 Å². The first-order chi connectivity index (χ1) is 22.4. The fraction of sp³-hybridized carbons (Fsp3) is 0.735. The number of piperidine rings is 2. The van der Waals surface area contributed by atoms with Gasteiger partial charge in [0.25, 0.3) is 5.91 Å². The number of carbonyl (C=O) groups excluding carboxylic acids is 2. The van der Waals surface area contributed by atoms with E-state index >= 15 is 0 Å². The lowest BCUT2D eigenvalue weighted by atomic mass is 9.75. The van der Waals surface area contributed by atoms with Crippen molar-refractivity contribution in [3.05, 3.63) is 29.6 Å². The van der Waals surface area contributed by atoms with Crippen LogP contribution < -0.4 is 4.74 Å². The Balaban J connectivity index is 0.000000644. The van der Waals surface area contributed by atoms with Crippen molar-refractivity contribution in [2.45, 2.75) is 102 Å². The van der Waals surface area contributed by atoms with Crippen molar-refractivity contribution in [2.75, 3.05) is 46.4 Å². The summed E-state index contributed by atoms with van der Waals surface area (Å²) in [6.45, 7) is 6.98. The molecule has 2 amide bonds. The van der Waals surface area contributed by atoms with E-state index in [4.69, 9.17) is 19.4 Å². The van der Waals surface area contributed by atoms with Gasteiger partial charge in [-0.15, -0.1) is 0 Å². The van der Waals surface area contributed by atoms with Crippen LogP contribution in [0.4, 0.5) is 22.4 Å². The van der Waals surface area contributed by atoms with Crippen molar-refractivity contribution in [2.24, 2.45) is 11.8 Å². The van der Waals surface area contributed by atoms with Crippen LogP contribution in [0.15, 0.2) is 18.2 Å². The molecule has 3 aliphatic heterocycles. The number of benzene rings is 1. The topological polar surface area (TPSA) is 99.6 Å². The van der Waals surface area contributed by atoms with Crippen LogP contribution in [0.2, 0.25) is 0 Å². The van der Waals surface area contributed by atoms with Gasteiger partial charge in [0.15, 0.2) is 0 Å². The van der Waals surface area contributed by atoms with Gasteiger partial charge in [-0.1, -0.05) is 45.1 Å². The molecule has 1 unspecified atom stereocenters. The molecule has 1 spiro atoms. The molecule has 3 heterocycles. The average Bonchev–Trinajstić information content (AvgIpc) is 3.06. The van der Waals surface area contributed by atoms with Crippen molar-refractivity contribution in [1.82, 2.24) is 14.7 Å². The number of aliphatic carboxylic acids is 1. The highest BCUT2D eigenvalue weighted by Crippen LogP contribution is 2.42. The van der Waals surface area contributed by atoms with Gasteiger partial charge in [-0.05, 0) is 50.2 Å². The summed E-state index contributed by atoms with van der Waals surface area (Å²) in [7, 11) is 1.46. The van der Waals surface area contributed by atoms with E-state index in [1.807, 2.05) is 4.90 Å². The third kappa shape index (κ3) is 9.29. The number of amides is 2. The Bertz CT molecular complexity index is 1210. The molecule has 1 N–H and O–H groups in total. The molecule has 47 heavy (non-hydrogen) atoms. The maximum absolute atomic E-state index is 14.5. The van der Waals surface area contributed by atoms with Crippen LogP contribution in [-0.2, 0) is 9.53 Å². The summed E-state index contributed by atoms with van der Waals surface area (Å²) in [6, 6.07) is 4.89. The third-order valence-electron chi connectivity index (χ3n) is 10.4. The Hall–Kier alpha value is -3.09. The predicted molar refractivity (Wildman–Crippen MR) is 167 cm³/mol. The van der Waals surface area contributed by atoms with Crippen molar-refractivity contribution < 1.29 is 46.5 Å². The number of carboxylic acids is 1. The highest BCUT2D eigenvalue weighted by Gasteiger charge is 2.50. The standard InChI is InChI=1S/C32H48FN3O4.C2HF3O2/c1-3-4-11-25-23-36(22-24-9-6-5-7-10-24)31(38)40-32(25)16-20-34(21-17-32)26-14-18-35(19-15-26)30(37)29-27(33)12-8-13-28(29)39-2;3-2(4,5)1(6)7/h8,12-13,24-26H,3-7,9-11,14-23H2,1-2H3;(H,6,7). The summed E-state index contributed by atoms with van der Waals surface area (Å²) in [5, 5.41) is 7.12. The van der Waals surface area contributed by atoms with E-state index in [1.165, 1.54) is 51.7 Å². The minimum Gasteiger partial charge on any atom is -0.496 e. The largest absolute Gasteiger partial charge is 0.496 e. The fourth-order valence-electron chi connectivity index (χ4n) is 7.72. The monoisotopic (exact) mass is 671 g/mol. The molecule has 1 aliphatic carbocycles. The zero-order valence-corrected chi connectivity index (χ0v) is 27.5. The first-order valence-electron chi connectivity index (χ1n) is 17.0. The van der Waals surface area contributed by atoms with E-state index in [-0.39, 0.29) is 28.9 Å². The van der Waals surface area contributed by atoms with E-state index in [9.17, 15) is 27.2 Å². The van der Waals surface area contributed by atoms with E-state index < -0.39 is 18.0 Å². The molecule has 9 nitrogen and oxygen atoms in total. The predicted octanol–water partition coefficient (Wildman–Crippen LogP) is 6.75. The van der Waals surface area contributed by atoms with Crippen LogP contribution in [0.5, 0.6) is 5.75 Å². The highest BCUT2D eigenvalue weighted by molar-refractivity contribution is 5.97. The molecule has 1 aromatic rings. The number of unbranched alkanes of at least 4 members (excludes halogenated alkanes) is 1. The summed E-state index contributed by atoms with van der Waals surface area (Å²) < 4.78 is 57.9. The maximum atomic E-state index is 14.5. The van der Waals surface area contributed by atoms with Gasteiger partial charge >= 0.3 is 18.2 Å². The number of likely N-dealkylation sites (tertiary alicyclic amines) is 2. The SMILES string of the molecule is CCCCC1CN(CC2CCCCC2)C(=O)OC12CCN(C1CCN(C(=O)c3c(F)cccc3OC)CC1)CC2.O=C(O)C(F)(F)F. The Morgan fingerprint density at radius 1 is 1.04 bits per heavy atom. The van der Waals surface area contributed by atoms with Gasteiger partial charge < -0.3 is 24.4 Å². The molecule has 1 atom stereocenters. The number of rotatable bonds is 8. The molecular formula is C34H49F4N3O6. The summed E-state index contributed by atoms with van der Waals surface area (Å²) in [5.74, 6) is -2.29. The number of carbonyl (C=O) groups is 3. The molecule has 0 aromatic heterocycles. The molecule has 264 valence electrons. The zero-order valence-electron chi connectivity index (χ0n) is 27.5. The first kappa shape index (κ1) is 36.7. The van der Waals surface area contributed by atoms with Crippen LogP contribution in [-0.4, -0.2) is 102 Å². The third-order valence-corrected chi connectivity index (χ3v) is 10.4.